The molecular formula is C54H55BrO9. The number of ether oxygens (including phenoxy) is 8. The first-order valence-corrected chi connectivity index (χ1v) is 23.2. The molecule has 5 aromatic rings. The van der Waals surface area contributed by atoms with Crippen molar-refractivity contribution in [3.8, 4) is 0 Å². The lowest BCUT2D eigenvalue weighted by Crippen LogP contribution is -2.60. The van der Waals surface area contributed by atoms with Crippen LogP contribution < -0.4 is 0 Å². The summed E-state index contributed by atoms with van der Waals surface area (Å²) in [5.41, 5.74) is 4.18. The second-order valence-corrected chi connectivity index (χ2v) is 17.7. The van der Waals surface area contributed by atoms with Crippen LogP contribution in [-0.2, 0) is 69.1 Å². The number of rotatable bonds is 15. The highest BCUT2D eigenvalue weighted by molar-refractivity contribution is 9.10. The van der Waals surface area contributed by atoms with Crippen molar-refractivity contribution in [1.82, 2.24) is 0 Å². The van der Waals surface area contributed by atoms with E-state index < -0.39 is 54.9 Å². The van der Waals surface area contributed by atoms with E-state index in [2.05, 4.69) is 58.4 Å². The van der Waals surface area contributed by atoms with Gasteiger partial charge in [-0.05, 0) is 76.2 Å². The summed E-state index contributed by atoms with van der Waals surface area (Å²) in [6.45, 7) is 2.22. The van der Waals surface area contributed by atoms with Gasteiger partial charge in [0.2, 0.25) is 0 Å². The molecule has 4 heterocycles. The minimum atomic E-state index is -0.830. The molecule has 0 aliphatic carbocycles. The maximum atomic E-state index is 14.2. The smallest absolute Gasteiger partial charge is 0.184 e. The number of hydrogen-bond donors (Lipinski definition) is 0. The van der Waals surface area contributed by atoms with Crippen LogP contribution in [0.1, 0.15) is 41.5 Å². The predicted molar refractivity (Wildman–Crippen MR) is 248 cm³/mol. The Balaban J connectivity index is 0.957. The van der Waals surface area contributed by atoms with Crippen molar-refractivity contribution in [2.75, 3.05) is 13.2 Å². The first-order chi connectivity index (χ1) is 31.5. The molecule has 10 heteroatoms. The number of halogens is 1. The summed E-state index contributed by atoms with van der Waals surface area (Å²) in [4.78, 5) is 14.2. The van der Waals surface area contributed by atoms with Crippen molar-refractivity contribution < 1.29 is 42.7 Å². The molecule has 0 aromatic heterocycles. The van der Waals surface area contributed by atoms with Crippen molar-refractivity contribution >= 4 is 32.5 Å². The van der Waals surface area contributed by atoms with Crippen molar-refractivity contribution in [2.45, 2.75) is 107 Å². The van der Waals surface area contributed by atoms with Crippen LogP contribution in [0.3, 0.4) is 0 Å². The molecule has 64 heavy (non-hydrogen) atoms. The van der Waals surface area contributed by atoms with Gasteiger partial charge in [-0.25, -0.2) is 0 Å². The fourth-order valence-corrected chi connectivity index (χ4v) is 9.15. The third-order valence-corrected chi connectivity index (χ3v) is 12.8. The zero-order valence-corrected chi connectivity index (χ0v) is 37.4. The van der Waals surface area contributed by atoms with Crippen molar-refractivity contribution in [2.24, 2.45) is 0 Å². The third-order valence-electron chi connectivity index (χ3n) is 12.3. The summed E-state index contributed by atoms with van der Waals surface area (Å²) >= 11 is 3.56. The average Bonchev–Trinajstić information content (AvgIpc) is 3.64. The van der Waals surface area contributed by atoms with Gasteiger partial charge in [0.05, 0.1) is 58.0 Å². The molecule has 4 aliphatic rings. The molecule has 0 amide bonds. The highest BCUT2D eigenvalue weighted by atomic mass is 79.9. The number of carbonyl (C=O) groups is 1. The number of ketones is 1. The Morgan fingerprint density at radius 2 is 1.25 bits per heavy atom. The number of carbonyl (C=O) groups excluding carboxylic acids is 1. The molecule has 9 nitrogen and oxygen atoms in total. The highest BCUT2D eigenvalue weighted by Crippen LogP contribution is 2.36. The molecule has 10 atom stereocenters. The van der Waals surface area contributed by atoms with Crippen LogP contribution in [-0.4, -0.2) is 80.0 Å². The molecule has 0 unspecified atom stereocenters. The van der Waals surface area contributed by atoms with Gasteiger partial charge < -0.3 is 37.9 Å². The van der Waals surface area contributed by atoms with Crippen LogP contribution in [0.25, 0.3) is 10.8 Å². The number of hydrogen-bond acceptors (Lipinski definition) is 9. The maximum absolute atomic E-state index is 14.2. The molecule has 1 fully saturated rings. The average molecular weight is 928 g/mol. The molecular weight excluding hydrogens is 872 g/mol. The molecule has 5 aromatic carbocycles. The second-order valence-electron chi connectivity index (χ2n) is 16.8. The van der Waals surface area contributed by atoms with E-state index in [0.717, 1.165) is 37.5 Å². The second kappa shape index (κ2) is 22.1. The van der Waals surface area contributed by atoms with Gasteiger partial charge in [0, 0.05) is 10.9 Å². The first-order valence-electron chi connectivity index (χ1n) is 22.4. The van der Waals surface area contributed by atoms with Gasteiger partial charge in [0.25, 0.3) is 0 Å². The Bertz CT molecular complexity index is 2350. The van der Waals surface area contributed by atoms with Crippen LogP contribution in [0.4, 0.5) is 0 Å². The molecule has 9 rings (SSSR count). The van der Waals surface area contributed by atoms with E-state index in [1.165, 1.54) is 0 Å². The Morgan fingerprint density at radius 3 is 2.06 bits per heavy atom. The Morgan fingerprint density at radius 1 is 0.578 bits per heavy atom. The zero-order chi connectivity index (χ0) is 43.5. The molecule has 0 radical (unpaired) electrons. The van der Waals surface area contributed by atoms with Gasteiger partial charge in [-0.3, -0.25) is 4.79 Å². The van der Waals surface area contributed by atoms with E-state index in [1.807, 2.05) is 115 Å². The van der Waals surface area contributed by atoms with Gasteiger partial charge in [0.1, 0.15) is 42.7 Å². The number of benzene rings is 5. The van der Waals surface area contributed by atoms with E-state index in [-0.39, 0.29) is 24.9 Å². The van der Waals surface area contributed by atoms with Gasteiger partial charge in [-0.2, -0.15) is 0 Å². The Kier molecular flexibility index (Phi) is 15.4. The van der Waals surface area contributed by atoms with Crippen LogP contribution in [0.5, 0.6) is 0 Å². The van der Waals surface area contributed by atoms with Crippen LogP contribution >= 0.6 is 15.9 Å². The summed E-state index contributed by atoms with van der Waals surface area (Å²) in [5, 5.41) is 2.29. The highest BCUT2D eigenvalue weighted by Gasteiger charge is 2.49. The summed E-state index contributed by atoms with van der Waals surface area (Å²) < 4.78 is 54.7. The van der Waals surface area contributed by atoms with E-state index in [1.54, 1.807) is 6.08 Å². The Labute approximate surface area is 384 Å². The van der Waals surface area contributed by atoms with Gasteiger partial charge in [-0.1, -0.05) is 149 Å². The minimum absolute atomic E-state index is 0.156. The third kappa shape index (κ3) is 11.6. The molecule has 332 valence electrons. The molecule has 4 aliphatic heterocycles. The lowest BCUT2D eigenvalue weighted by Gasteiger charge is -2.46. The molecule has 0 N–H and O–H groups in total. The van der Waals surface area contributed by atoms with E-state index in [0.29, 0.717) is 45.9 Å². The zero-order valence-electron chi connectivity index (χ0n) is 35.8. The standard InChI is InChI=1S/C54H55BrO9/c55-43-25-22-39(23-26-43)34-61-54-52-48(18-9-10-29-58-52)64-50(53(54)60-35-40-21-24-41-16-7-8-17-42(41)30-40)31-49-44(56)27-28-47-46(62-49)20-11-19-45(59-33-38-14-5-2-6-15-38)51(63-47)36-57-32-37-12-3-1-4-13-37/h1-17,19,21-28,30,45-54H,18,20,29,31-36H2/b19-11-/t45-,46+,47-,48-,49-,50+,51+,52-,53+,54+/m0/s1. The monoisotopic (exact) mass is 926 g/mol. The van der Waals surface area contributed by atoms with Gasteiger partial charge in [0.15, 0.2) is 5.78 Å². The lowest BCUT2D eigenvalue weighted by atomic mass is 9.89. The Hall–Kier alpha value is -4.59. The SMILES string of the molecule is O=C1C=C[C@@H]2O[C@H](COCc3ccccc3)[C@@H](OCc3ccccc3)/C=C\C[C@H]2O[C@H]1C[C@H]1O[C@H]2CC=CCO[C@@H]2[C@@H](OCc2ccc(Br)cc2)[C@@H]1OCc1ccc2ccccc2c1. The minimum Gasteiger partial charge on any atom is -0.374 e. The van der Waals surface area contributed by atoms with Crippen molar-refractivity contribution in [3.63, 3.8) is 0 Å². The number of fused-ring (bicyclic) bond motifs is 3. The summed E-state index contributed by atoms with van der Waals surface area (Å²) in [6, 6.07) is 42.9. The van der Waals surface area contributed by atoms with Crippen LogP contribution in [0.15, 0.2) is 168 Å². The summed E-state index contributed by atoms with van der Waals surface area (Å²) in [7, 11) is 0. The normalized spacial score (nSPS) is 28.6. The topological polar surface area (TPSA) is 90.9 Å². The maximum Gasteiger partial charge on any atom is 0.184 e. The van der Waals surface area contributed by atoms with Gasteiger partial charge in [-0.15, -0.1) is 0 Å². The van der Waals surface area contributed by atoms with E-state index >= 15 is 0 Å². The van der Waals surface area contributed by atoms with Crippen molar-refractivity contribution in [1.29, 1.82) is 0 Å². The predicted octanol–water partition coefficient (Wildman–Crippen LogP) is 9.98. The van der Waals surface area contributed by atoms with E-state index in [4.69, 9.17) is 37.9 Å². The molecule has 1 saturated heterocycles. The molecule has 0 saturated carbocycles. The quantitative estimate of drug-likeness (QED) is 0.0953. The fourth-order valence-electron chi connectivity index (χ4n) is 8.88. The lowest BCUT2D eigenvalue weighted by molar-refractivity contribution is -0.264. The first kappa shape index (κ1) is 44.6. The molecule has 0 spiro atoms. The molecule has 0 bridgehead atoms. The fraction of sp³-hybridized carbons (Fsp3) is 0.352. The largest absolute Gasteiger partial charge is 0.374 e. The van der Waals surface area contributed by atoms with Crippen molar-refractivity contribution in [3.05, 3.63) is 191 Å². The van der Waals surface area contributed by atoms with Gasteiger partial charge >= 0.3 is 0 Å². The van der Waals surface area contributed by atoms with E-state index in [9.17, 15) is 4.79 Å². The summed E-state index contributed by atoms with van der Waals surface area (Å²) in [5.74, 6) is -0.156. The summed E-state index contributed by atoms with van der Waals surface area (Å²) in [6.07, 6.45) is 8.00. The van der Waals surface area contributed by atoms with Crippen LogP contribution in [0.2, 0.25) is 0 Å². The van der Waals surface area contributed by atoms with Crippen LogP contribution in [0, 0.1) is 0 Å².